The topological polar surface area (TPSA) is 97.2 Å². The van der Waals surface area contributed by atoms with Crippen LogP contribution >= 0.6 is 0 Å². The van der Waals surface area contributed by atoms with Crippen molar-refractivity contribution in [1.82, 2.24) is 10.3 Å². The summed E-state index contributed by atoms with van der Waals surface area (Å²) in [6.45, 7) is 2.09. The Kier molecular flexibility index (Phi) is 7.01. The van der Waals surface area contributed by atoms with E-state index in [1.807, 2.05) is 30.5 Å². The number of unbranched alkanes of at least 4 members (excludes halogenated alkanes) is 2. The third-order valence-corrected chi connectivity index (χ3v) is 4.35. The summed E-state index contributed by atoms with van der Waals surface area (Å²) in [6, 6.07) is 6.51. The van der Waals surface area contributed by atoms with Gasteiger partial charge >= 0.3 is 5.97 Å². The van der Waals surface area contributed by atoms with Crippen LogP contribution in [0.2, 0.25) is 0 Å². The van der Waals surface area contributed by atoms with E-state index in [1.54, 1.807) is 0 Å². The summed E-state index contributed by atoms with van der Waals surface area (Å²) < 4.78 is 4.79. The van der Waals surface area contributed by atoms with E-state index in [0.717, 1.165) is 35.7 Å². The highest BCUT2D eigenvalue weighted by Gasteiger charge is 2.24. The zero-order chi connectivity index (χ0) is 18.2. The van der Waals surface area contributed by atoms with Crippen molar-refractivity contribution < 1.29 is 14.3 Å². The average Bonchev–Trinajstić information content (AvgIpc) is 3.03. The quantitative estimate of drug-likeness (QED) is 0.480. The first kappa shape index (κ1) is 19.0. The number of ether oxygens (including phenoxy) is 1. The van der Waals surface area contributed by atoms with Gasteiger partial charge in [-0.3, -0.25) is 4.79 Å². The summed E-state index contributed by atoms with van der Waals surface area (Å²) in [4.78, 5) is 27.5. The molecular weight excluding hydrogens is 318 g/mol. The molecule has 1 heterocycles. The highest BCUT2D eigenvalue weighted by molar-refractivity contribution is 5.89. The van der Waals surface area contributed by atoms with Crippen LogP contribution in [0, 0.1) is 0 Å². The molecule has 1 amide bonds. The first-order valence-electron chi connectivity index (χ1n) is 8.75. The van der Waals surface area contributed by atoms with E-state index in [4.69, 9.17) is 10.5 Å². The fraction of sp³-hybridized carbons (Fsp3) is 0.474. The number of hydrogen-bond donors (Lipinski definition) is 3. The molecule has 6 nitrogen and oxygen atoms in total. The lowest BCUT2D eigenvalue weighted by Crippen LogP contribution is -2.49. The van der Waals surface area contributed by atoms with Crippen molar-refractivity contribution >= 4 is 22.8 Å². The molecular formula is C19H27N3O3. The fourth-order valence-electron chi connectivity index (χ4n) is 2.90. The number of H-pyrrole nitrogens is 1. The third-order valence-electron chi connectivity index (χ3n) is 4.35. The number of benzene rings is 1. The average molecular weight is 345 g/mol. The molecule has 2 aromatic rings. The Morgan fingerprint density at radius 1 is 1.28 bits per heavy atom. The normalized spacial score (nSPS) is 13.4. The molecule has 0 unspecified atom stereocenters. The van der Waals surface area contributed by atoms with E-state index < -0.39 is 18.1 Å². The van der Waals surface area contributed by atoms with Gasteiger partial charge in [0.2, 0.25) is 5.91 Å². The molecule has 2 rings (SSSR count). The number of rotatable bonds is 9. The minimum atomic E-state index is -0.725. The monoisotopic (exact) mass is 345 g/mol. The number of aromatic amines is 1. The molecule has 0 aliphatic heterocycles. The van der Waals surface area contributed by atoms with Gasteiger partial charge in [-0.15, -0.1) is 0 Å². The molecule has 0 radical (unpaired) electrons. The molecule has 0 aliphatic carbocycles. The Morgan fingerprint density at radius 3 is 2.76 bits per heavy atom. The molecule has 0 fully saturated rings. The lowest BCUT2D eigenvalue weighted by Gasteiger charge is -2.19. The Bertz CT molecular complexity index is 711. The lowest BCUT2D eigenvalue weighted by molar-refractivity contribution is -0.145. The molecule has 0 aliphatic rings. The van der Waals surface area contributed by atoms with Gasteiger partial charge in [-0.1, -0.05) is 44.4 Å². The maximum Gasteiger partial charge on any atom is 0.328 e. The van der Waals surface area contributed by atoms with Crippen molar-refractivity contribution in [1.29, 1.82) is 0 Å². The van der Waals surface area contributed by atoms with Crippen LogP contribution in [0.1, 0.15) is 38.2 Å². The van der Waals surface area contributed by atoms with E-state index in [-0.39, 0.29) is 5.91 Å². The van der Waals surface area contributed by atoms with Crippen LogP contribution in [-0.4, -0.2) is 36.1 Å². The van der Waals surface area contributed by atoms with Gasteiger partial charge in [0.25, 0.3) is 0 Å². The van der Waals surface area contributed by atoms with Crippen LogP contribution in [0.3, 0.4) is 0 Å². The molecule has 6 heteroatoms. The fourth-order valence-corrected chi connectivity index (χ4v) is 2.90. The Hall–Kier alpha value is -2.34. The molecule has 136 valence electrons. The van der Waals surface area contributed by atoms with Crippen molar-refractivity contribution in [3.05, 3.63) is 36.0 Å². The minimum Gasteiger partial charge on any atom is -0.467 e. The highest BCUT2D eigenvalue weighted by atomic mass is 16.5. The first-order valence-corrected chi connectivity index (χ1v) is 8.75. The maximum absolute atomic E-state index is 12.4. The zero-order valence-electron chi connectivity index (χ0n) is 14.9. The van der Waals surface area contributed by atoms with Gasteiger partial charge in [0.05, 0.1) is 13.2 Å². The van der Waals surface area contributed by atoms with Crippen LogP contribution in [0.15, 0.2) is 30.5 Å². The summed E-state index contributed by atoms with van der Waals surface area (Å²) >= 11 is 0. The van der Waals surface area contributed by atoms with E-state index in [0.29, 0.717) is 12.8 Å². The number of esters is 1. The van der Waals surface area contributed by atoms with Crippen molar-refractivity contribution in [3.63, 3.8) is 0 Å². The smallest absolute Gasteiger partial charge is 0.328 e. The van der Waals surface area contributed by atoms with Gasteiger partial charge < -0.3 is 20.8 Å². The van der Waals surface area contributed by atoms with E-state index >= 15 is 0 Å². The number of carbonyl (C=O) groups is 2. The predicted molar refractivity (Wildman–Crippen MR) is 98.1 cm³/mol. The number of hydrogen-bond acceptors (Lipinski definition) is 4. The highest BCUT2D eigenvalue weighted by Crippen LogP contribution is 2.18. The first-order chi connectivity index (χ1) is 12.1. The molecule has 0 spiro atoms. The van der Waals surface area contributed by atoms with E-state index in [9.17, 15) is 9.59 Å². The van der Waals surface area contributed by atoms with Crippen LogP contribution in [-0.2, 0) is 20.7 Å². The number of methoxy groups -OCH3 is 1. The van der Waals surface area contributed by atoms with Gasteiger partial charge in [0.1, 0.15) is 6.04 Å². The van der Waals surface area contributed by atoms with Crippen LogP contribution < -0.4 is 11.1 Å². The Balaban J connectivity index is 1.98. The number of nitrogens with two attached hydrogens (primary N) is 1. The summed E-state index contributed by atoms with van der Waals surface area (Å²) in [5, 5.41) is 3.79. The number of carbonyl (C=O) groups excluding carboxylic acids is 2. The van der Waals surface area contributed by atoms with Crippen LogP contribution in [0.25, 0.3) is 10.9 Å². The SMILES string of the molecule is CCCCC[C@H](NC(=O)[C@H](N)Cc1c[nH]c2ccccc12)C(=O)OC. The van der Waals surface area contributed by atoms with Crippen molar-refractivity contribution in [2.24, 2.45) is 5.73 Å². The predicted octanol–water partition coefficient (Wildman–Crippen LogP) is 2.28. The van der Waals surface area contributed by atoms with Gasteiger partial charge in [-0.2, -0.15) is 0 Å². The second-order valence-electron chi connectivity index (χ2n) is 6.25. The largest absolute Gasteiger partial charge is 0.467 e. The van der Waals surface area contributed by atoms with Crippen LogP contribution in [0.5, 0.6) is 0 Å². The van der Waals surface area contributed by atoms with Crippen molar-refractivity contribution in [3.8, 4) is 0 Å². The molecule has 1 aromatic heterocycles. The van der Waals surface area contributed by atoms with Crippen LogP contribution in [0.4, 0.5) is 0 Å². The number of fused-ring (bicyclic) bond motifs is 1. The minimum absolute atomic E-state index is 0.336. The molecule has 2 atom stereocenters. The Morgan fingerprint density at radius 2 is 2.04 bits per heavy atom. The molecule has 25 heavy (non-hydrogen) atoms. The van der Waals surface area contributed by atoms with Gasteiger partial charge in [0.15, 0.2) is 0 Å². The second kappa shape index (κ2) is 9.22. The Labute approximate surface area is 148 Å². The molecule has 0 saturated carbocycles. The number of para-hydroxylation sites is 1. The summed E-state index contributed by atoms with van der Waals surface area (Å²) in [5.41, 5.74) is 8.06. The lowest BCUT2D eigenvalue weighted by atomic mass is 10.0. The maximum atomic E-state index is 12.4. The molecule has 1 aromatic carbocycles. The number of amides is 1. The van der Waals surface area contributed by atoms with Gasteiger partial charge in [-0.05, 0) is 24.5 Å². The number of nitrogens with one attached hydrogen (secondary N) is 2. The zero-order valence-corrected chi connectivity index (χ0v) is 14.9. The summed E-state index contributed by atoms with van der Waals surface area (Å²) in [5.74, 6) is -0.763. The van der Waals surface area contributed by atoms with E-state index in [1.165, 1.54) is 7.11 Å². The summed E-state index contributed by atoms with van der Waals surface area (Å²) in [6.07, 6.45) is 5.74. The van der Waals surface area contributed by atoms with E-state index in [2.05, 4.69) is 17.2 Å². The van der Waals surface area contributed by atoms with Gasteiger partial charge in [0, 0.05) is 17.1 Å². The molecule has 0 bridgehead atoms. The summed E-state index contributed by atoms with van der Waals surface area (Å²) in [7, 11) is 1.33. The van der Waals surface area contributed by atoms with Crippen molar-refractivity contribution in [2.75, 3.05) is 7.11 Å². The molecule has 4 N–H and O–H groups in total. The molecule has 0 saturated heterocycles. The second-order valence-corrected chi connectivity index (χ2v) is 6.25. The van der Waals surface area contributed by atoms with Gasteiger partial charge in [-0.25, -0.2) is 4.79 Å². The standard InChI is InChI=1S/C19H27N3O3/c1-3-4-5-10-17(19(24)25-2)22-18(23)15(20)11-13-12-21-16-9-7-6-8-14(13)16/h6-9,12,15,17,21H,3-5,10-11,20H2,1-2H3,(H,22,23)/t15-,17+/m1/s1. The third kappa shape index (κ3) is 5.06. The van der Waals surface area contributed by atoms with Crippen molar-refractivity contribution in [2.45, 2.75) is 51.1 Å². The number of aromatic nitrogens is 1.